The molecule has 1 fully saturated rings. The predicted octanol–water partition coefficient (Wildman–Crippen LogP) is 2.56. The van der Waals surface area contributed by atoms with Gasteiger partial charge in [-0.25, -0.2) is 4.79 Å². The summed E-state index contributed by atoms with van der Waals surface area (Å²) in [5, 5.41) is 20.2. The summed E-state index contributed by atoms with van der Waals surface area (Å²) in [5.74, 6) is -1.16. The smallest absolute Gasteiger partial charge is 0.335 e. The Labute approximate surface area is 113 Å². The second-order valence-electron chi connectivity index (χ2n) is 4.17. The summed E-state index contributed by atoms with van der Waals surface area (Å²) < 4.78 is 5.24. The molecule has 0 spiro atoms. The van der Waals surface area contributed by atoms with Gasteiger partial charge in [-0.2, -0.15) is 0 Å². The molecule has 2 rings (SSSR count). The van der Waals surface area contributed by atoms with Crippen molar-refractivity contribution in [3.05, 3.63) is 33.9 Å². The Morgan fingerprint density at radius 2 is 2.11 bits per heavy atom. The molecule has 7 heteroatoms. The molecule has 1 aromatic carbocycles. The monoisotopic (exact) mass is 283 g/mol. The third kappa shape index (κ3) is 3.45. The molecule has 0 radical (unpaired) electrons. The van der Waals surface area contributed by atoms with Gasteiger partial charge in [0.1, 0.15) is 0 Å². The van der Waals surface area contributed by atoms with Crippen molar-refractivity contribution in [1.29, 1.82) is 0 Å². The van der Waals surface area contributed by atoms with Crippen LogP contribution in [0.3, 0.4) is 0 Å². The first-order valence-corrected chi connectivity index (χ1v) is 6.72. The predicted molar refractivity (Wildman–Crippen MR) is 69.8 cm³/mol. The summed E-state index contributed by atoms with van der Waals surface area (Å²) in [6.45, 7) is 1.33. The van der Waals surface area contributed by atoms with E-state index in [1.807, 2.05) is 0 Å². The molecule has 0 unspecified atom stereocenters. The summed E-state index contributed by atoms with van der Waals surface area (Å²) in [6.07, 6.45) is 1.70. The van der Waals surface area contributed by atoms with Crippen molar-refractivity contribution in [1.82, 2.24) is 0 Å². The minimum absolute atomic E-state index is 0.0666. The zero-order valence-corrected chi connectivity index (χ0v) is 10.9. The molecule has 19 heavy (non-hydrogen) atoms. The van der Waals surface area contributed by atoms with Crippen LogP contribution < -0.4 is 0 Å². The van der Waals surface area contributed by atoms with Gasteiger partial charge >= 0.3 is 5.97 Å². The molecule has 6 nitrogen and oxygen atoms in total. The van der Waals surface area contributed by atoms with Gasteiger partial charge in [-0.3, -0.25) is 10.1 Å². The van der Waals surface area contributed by atoms with Crippen LogP contribution in [-0.4, -0.2) is 34.5 Å². The van der Waals surface area contributed by atoms with Gasteiger partial charge in [0.15, 0.2) is 0 Å². The molecule has 1 N–H and O–H groups in total. The van der Waals surface area contributed by atoms with E-state index >= 15 is 0 Å². The first kappa shape index (κ1) is 13.8. The summed E-state index contributed by atoms with van der Waals surface area (Å²) in [7, 11) is 0. The Bertz CT molecular complexity index is 499. The Morgan fingerprint density at radius 1 is 1.42 bits per heavy atom. The maximum Gasteiger partial charge on any atom is 0.335 e. The fraction of sp³-hybridized carbons (Fsp3) is 0.417. The van der Waals surface area contributed by atoms with Crippen LogP contribution in [0.2, 0.25) is 0 Å². The topological polar surface area (TPSA) is 89.7 Å². The first-order valence-electron chi connectivity index (χ1n) is 5.84. The zero-order valence-electron chi connectivity index (χ0n) is 10.1. The molecule has 1 heterocycles. The van der Waals surface area contributed by atoms with Crippen LogP contribution in [0.15, 0.2) is 23.1 Å². The quantitative estimate of drug-likeness (QED) is 0.674. The third-order valence-electron chi connectivity index (χ3n) is 2.86. The van der Waals surface area contributed by atoms with Crippen LogP contribution in [0.5, 0.6) is 0 Å². The van der Waals surface area contributed by atoms with Gasteiger partial charge in [0.2, 0.25) is 0 Å². The van der Waals surface area contributed by atoms with E-state index in [-0.39, 0.29) is 16.5 Å². The average molecular weight is 283 g/mol. The Balaban J connectivity index is 2.23. The molecule has 0 saturated carbocycles. The molecule has 1 aliphatic heterocycles. The molecule has 1 saturated heterocycles. The molecule has 0 bridgehead atoms. The van der Waals surface area contributed by atoms with Crippen LogP contribution >= 0.6 is 11.8 Å². The van der Waals surface area contributed by atoms with E-state index in [4.69, 9.17) is 9.84 Å². The lowest BCUT2D eigenvalue weighted by Gasteiger charge is -2.21. The van der Waals surface area contributed by atoms with Crippen molar-refractivity contribution in [2.45, 2.75) is 23.0 Å². The number of carboxylic acids is 1. The van der Waals surface area contributed by atoms with Gasteiger partial charge in [-0.15, -0.1) is 11.8 Å². The largest absolute Gasteiger partial charge is 0.478 e. The van der Waals surface area contributed by atoms with Gasteiger partial charge < -0.3 is 9.84 Å². The summed E-state index contributed by atoms with van der Waals surface area (Å²) in [6, 6.07) is 4.03. The first-order chi connectivity index (χ1) is 9.08. The maximum atomic E-state index is 11.0. The number of hydrogen-bond acceptors (Lipinski definition) is 5. The highest BCUT2D eigenvalue weighted by Gasteiger charge is 2.22. The summed E-state index contributed by atoms with van der Waals surface area (Å²) >= 11 is 1.43. The highest BCUT2D eigenvalue weighted by Crippen LogP contribution is 2.36. The SMILES string of the molecule is O=C(O)c1ccc(SC2CCOCC2)c([N+](=O)[O-])c1. The van der Waals surface area contributed by atoms with Crippen molar-refractivity contribution < 1.29 is 19.6 Å². The van der Waals surface area contributed by atoms with Crippen LogP contribution in [0.4, 0.5) is 5.69 Å². The Morgan fingerprint density at radius 3 is 2.68 bits per heavy atom. The Hall–Kier alpha value is -1.60. The number of nitro groups is 1. The molecule has 102 valence electrons. The van der Waals surface area contributed by atoms with Crippen molar-refractivity contribution >= 4 is 23.4 Å². The van der Waals surface area contributed by atoms with Gasteiger partial charge in [0.25, 0.3) is 5.69 Å². The van der Waals surface area contributed by atoms with Crippen molar-refractivity contribution in [3.8, 4) is 0 Å². The molecular formula is C12H13NO5S. The minimum atomic E-state index is -1.16. The van der Waals surface area contributed by atoms with E-state index in [1.54, 1.807) is 0 Å². The zero-order chi connectivity index (χ0) is 13.8. The van der Waals surface area contributed by atoms with Gasteiger partial charge in [0.05, 0.1) is 15.4 Å². The van der Waals surface area contributed by atoms with Crippen molar-refractivity contribution in [2.75, 3.05) is 13.2 Å². The second-order valence-corrected chi connectivity index (χ2v) is 5.52. The lowest BCUT2D eigenvalue weighted by molar-refractivity contribution is -0.387. The second kappa shape index (κ2) is 6.03. The van der Waals surface area contributed by atoms with Crippen LogP contribution in [0.1, 0.15) is 23.2 Å². The number of nitro benzene ring substituents is 1. The molecule has 0 aromatic heterocycles. The number of rotatable bonds is 4. The number of thioether (sulfide) groups is 1. The van der Waals surface area contributed by atoms with Gasteiger partial charge in [-0.05, 0) is 25.0 Å². The summed E-state index contributed by atoms with van der Waals surface area (Å²) in [5.41, 5.74) is -0.209. The van der Waals surface area contributed by atoms with Crippen LogP contribution in [0, 0.1) is 10.1 Å². The number of nitrogens with zero attached hydrogens (tertiary/aromatic N) is 1. The van der Waals surface area contributed by atoms with E-state index in [1.165, 1.54) is 23.9 Å². The molecule has 0 amide bonds. The van der Waals surface area contributed by atoms with E-state index < -0.39 is 10.9 Å². The molecule has 1 aromatic rings. The lowest BCUT2D eigenvalue weighted by atomic mass is 10.2. The minimum Gasteiger partial charge on any atom is -0.478 e. The highest BCUT2D eigenvalue weighted by atomic mass is 32.2. The maximum absolute atomic E-state index is 11.0. The van der Waals surface area contributed by atoms with Crippen molar-refractivity contribution in [3.63, 3.8) is 0 Å². The normalized spacial score (nSPS) is 16.2. The van der Waals surface area contributed by atoms with Gasteiger partial charge in [-0.1, -0.05) is 0 Å². The number of hydrogen-bond donors (Lipinski definition) is 1. The standard InChI is InChI=1S/C12H13NO5S/c14-12(15)8-1-2-11(10(7-8)13(16)17)19-9-3-5-18-6-4-9/h1-2,7,9H,3-6H2,(H,14,15). The average Bonchev–Trinajstić information content (AvgIpc) is 2.39. The molecular weight excluding hydrogens is 270 g/mol. The van der Waals surface area contributed by atoms with E-state index in [9.17, 15) is 14.9 Å². The fourth-order valence-corrected chi connectivity index (χ4v) is 3.05. The third-order valence-corrected chi connectivity index (χ3v) is 4.27. The van der Waals surface area contributed by atoms with Crippen LogP contribution in [0.25, 0.3) is 0 Å². The van der Waals surface area contributed by atoms with Crippen LogP contribution in [-0.2, 0) is 4.74 Å². The number of aromatic carboxylic acids is 1. The fourth-order valence-electron chi connectivity index (χ4n) is 1.87. The number of carboxylic acid groups (broad SMARTS) is 1. The molecule has 0 aliphatic carbocycles. The van der Waals surface area contributed by atoms with E-state index in [0.29, 0.717) is 18.1 Å². The van der Waals surface area contributed by atoms with E-state index in [0.717, 1.165) is 18.9 Å². The number of ether oxygens (including phenoxy) is 1. The molecule has 1 aliphatic rings. The van der Waals surface area contributed by atoms with E-state index in [2.05, 4.69) is 0 Å². The summed E-state index contributed by atoms with van der Waals surface area (Å²) in [4.78, 5) is 21.8. The lowest BCUT2D eigenvalue weighted by Crippen LogP contribution is -2.17. The highest BCUT2D eigenvalue weighted by molar-refractivity contribution is 8.00. The van der Waals surface area contributed by atoms with Gasteiger partial charge in [0, 0.05) is 24.5 Å². The molecule has 0 atom stereocenters. The number of benzene rings is 1. The number of carbonyl (C=O) groups is 1. The Kier molecular flexibility index (Phi) is 4.39. The van der Waals surface area contributed by atoms with Crippen molar-refractivity contribution in [2.24, 2.45) is 0 Å².